The summed E-state index contributed by atoms with van der Waals surface area (Å²) in [5, 5.41) is 0. The Morgan fingerprint density at radius 2 is 1.85 bits per heavy atom. The van der Waals surface area contributed by atoms with Crippen molar-refractivity contribution in [1.82, 2.24) is 4.90 Å². The molecule has 3 nitrogen and oxygen atoms in total. The van der Waals surface area contributed by atoms with Gasteiger partial charge in [-0.1, -0.05) is 15.9 Å². The van der Waals surface area contributed by atoms with Crippen molar-refractivity contribution in [3.05, 3.63) is 63.9 Å². The number of halogens is 2. The first-order valence-electron chi connectivity index (χ1n) is 9.44. The Balaban J connectivity index is 1.32. The van der Waals surface area contributed by atoms with Crippen LogP contribution >= 0.6 is 15.9 Å². The molecule has 0 radical (unpaired) electrons. The number of ether oxygens (including phenoxy) is 1. The third kappa shape index (κ3) is 4.58. The van der Waals surface area contributed by atoms with Crippen molar-refractivity contribution in [2.24, 2.45) is 11.8 Å². The van der Waals surface area contributed by atoms with Crippen LogP contribution in [0.3, 0.4) is 0 Å². The van der Waals surface area contributed by atoms with Crippen LogP contribution in [0.15, 0.2) is 46.9 Å². The standard InChI is InChI=1S/C22H23BrFNO2/c1-25(19-7-8-19)12-16-10-17(16)13-27-21-9-4-15(11-20(21)24)22(26)14-2-5-18(23)6-3-14/h2-6,9,11,16-17,19H,7-8,10,12-13H2,1H3/t16-,17-/m0/s1. The van der Waals surface area contributed by atoms with Crippen LogP contribution in [0.4, 0.5) is 4.39 Å². The van der Waals surface area contributed by atoms with Gasteiger partial charge in [0.2, 0.25) is 0 Å². The molecule has 142 valence electrons. The summed E-state index contributed by atoms with van der Waals surface area (Å²) in [6.45, 7) is 1.65. The van der Waals surface area contributed by atoms with E-state index in [9.17, 15) is 9.18 Å². The van der Waals surface area contributed by atoms with Gasteiger partial charge in [-0.2, -0.15) is 0 Å². The second-order valence-electron chi connectivity index (χ2n) is 7.72. The quantitative estimate of drug-likeness (QED) is 0.555. The van der Waals surface area contributed by atoms with E-state index in [1.807, 2.05) is 0 Å². The molecule has 0 saturated heterocycles. The van der Waals surface area contributed by atoms with Gasteiger partial charge in [0, 0.05) is 28.2 Å². The molecule has 2 aromatic rings. The molecule has 0 spiro atoms. The van der Waals surface area contributed by atoms with Gasteiger partial charge >= 0.3 is 0 Å². The van der Waals surface area contributed by atoms with Gasteiger partial charge in [-0.25, -0.2) is 4.39 Å². The number of ketones is 1. The van der Waals surface area contributed by atoms with E-state index in [0.717, 1.165) is 23.5 Å². The third-order valence-electron chi connectivity index (χ3n) is 5.52. The largest absolute Gasteiger partial charge is 0.490 e. The van der Waals surface area contributed by atoms with Crippen molar-refractivity contribution >= 4 is 21.7 Å². The van der Waals surface area contributed by atoms with Crippen LogP contribution in [-0.2, 0) is 0 Å². The van der Waals surface area contributed by atoms with Crippen LogP contribution in [0.1, 0.15) is 35.2 Å². The van der Waals surface area contributed by atoms with Crippen LogP contribution in [0.2, 0.25) is 0 Å². The van der Waals surface area contributed by atoms with E-state index >= 15 is 0 Å². The molecule has 0 unspecified atom stereocenters. The number of nitrogens with zero attached hydrogens (tertiary/aromatic N) is 1. The van der Waals surface area contributed by atoms with E-state index < -0.39 is 5.82 Å². The maximum Gasteiger partial charge on any atom is 0.193 e. The normalized spacial score (nSPS) is 21.3. The summed E-state index contributed by atoms with van der Waals surface area (Å²) in [4.78, 5) is 14.9. The molecule has 0 N–H and O–H groups in total. The van der Waals surface area contributed by atoms with E-state index in [1.165, 1.54) is 18.9 Å². The van der Waals surface area contributed by atoms with Crippen molar-refractivity contribution in [2.75, 3.05) is 20.2 Å². The second-order valence-corrected chi connectivity index (χ2v) is 8.63. The lowest BCUT2D eigenvalue weighted by Gasteiger charge is -2.15. The molecule has 2 aromatic carbocycles. The molecule has 0 aromatic heterocycles. The highest BCUT2D eigenvalue weighted by Gasteiger charge is 2.40. The van der Waals surface area contributed by atoms with Crippen molar-refractivity contribution in [2.45, 2.75) is 25.3 Å². The molecule has 0 heterocycles. The first kappa shape index (κ1) is 18.6. The number of carbonyl (C=O) groups excluding carboxylic acids is 1. The summed E-state index contributed by atoms with van der Waals surface area (Å²) in [5.41, 5.74) is 0.865. The van der Waals surface area contributed by atoms with Gasteiger partial charge in [0.05, 0.1) is 6.61 Å². The summed E-state index contributed by atoms with van der Waals surface area (Å²) >= 11 is 3.34. The summed E-state index contributed by atoms with van der Waals surface area (Å²) in [7, 11) is 2.19. The zero-order chi connectivity index (χ0) is 19.0. The average molecular weight is 432 g/mol. The van der Waals surface area contributed by atoms with E-state index in [-0.39, 0.29) is 11.5 Å². The summed E-state index contributed by atoms with van der Waals surface area (Å²) < 4.78 is 21.0. The SMILES string of the molecule is CN(C[C@@H]1C[C@H]1COc1ccc(C(=O)c2ccc(Br)cc2)cc1F)C1CC1. The lowest BCUT2D eigenvalue weighted by atomic mass is 10.0. The molecule has 0 amide bonds. The Morgan fingerprint density at radius 1 is 1.15 bits per heavy atom. The van der Waals surface area contributed by atoms with Crippen molar-refractivity contribution < 1.29 is 13.9 Å². The molecular formula is C22H23BrFNO2. The fourth-order valence-corrected chi connectivity index (χ4v) is 3.76. The molecule has 2 fully saturated rings. The lowest BCUT2D eigenvalue weighted by Crippen LogP contribution is -2.24. The van der Waals surface area contributed by atoms with Crippen LogP contribution < -0.4 is 4.74 Å². The Bertz CT molecular complexity index is 835. The molecule has 2 aliphatic rings. The zero-order valence-corrected chi connectivity index (χ0v) is 16.9. The molecule has 0 bridgehead atoms. The first-order valence-corrected chi connectivity index (χ1v) is 10.2. The van der Waals surface area contributed by atoms with Crippen LogP contribution in [0.25, 0.3) is 0 Å². The Kier molecular flexibility index (Phi) is 5.33. The van der Waals surface area contributed by atoms with Crippen LogP contribution in [0.5, 0.6) is 5.75 Å². The minimum Gasteiger partial charge on any atom is -0.490 e. The summed E-state index contributed by atoms with van der Waals surface area (Å²) in [5.74, 6) is 0.721. The van der Waals surface area contributed by atoms with Crippen molar-refractivity contribution in [3.63, 3.8) is 0 Å². The fraction of sp³-hybridized carbons (Fsp3) is 0.409. The van der Waals surface area contributed by atoms with Gasteiger partial charge in [-0.15, -0.1) is 0 Å². The van der Waals surface area contributed by atoms with E-state index in [2.05, 4.69) is 27.9 Å². The molecule has 0 aliphatic heterocycles. The van der Waals surface area contributed by atoms with Crippen LogP contribution in [0, 0.1) is 17.7 Å². The molecule has 5 heteroatoms. The molecule has 4 rings (SSSR count). The first-order chi connectivity index (χ1) is 13.0. The molecule has 2 atom stereocenters. The summed E-state index contributed by atoms with van der Waals surface area (Å²) in [6, 6.07) is 12.3. The smallest absolute Gasteiger partial charge is 0.193 e. The van der Waals surface area contributed by atoms with E-state index in [4.69, 9.17) is 4.74 Å². The lowest BCUT2D eigenvalue weighted by molar-refractivity contribution is 0.103. The minimum atomic E-state index is -0.481. The fourth-order valence-electron chi connectivity index (χ4n) is 3.50. The van der Waals surface area contributed by atoms with Gasteiger partial charge in [-0.05, 0) is 80.6 Å². The maximum atomic E-state index is 14.4. The molecule has 2 aliphatic carbocycles. The highest BCUT2D eigenvalue weighted by atomic mass is 79.9. The molecule has 27 heavy (non-hydrogen) atoms. The monoisotopic (exact) mass is 431 g/mol. The maximum absolute atomic E-state index is 14.4. The number of carbonyl (C=O) groups is 1. The highest BCUT2D eigenvalue weighted by Crippen LogP contribution is 2.41. The second kappa shape index (κ2) is 7.72. The topological polar surface area (TPSA) is 29.5 Å². The third-order valence-corrected chi connectivity index (χ3v) is 6.04. The van der Waals surface area contributed by atoms with Gasteiger partial charge in [0.15, 0.2) is 17.3 Å². The van der Waals surface area contributed by atoms with Crippen LogP contribution in [-0.4, -0.2) is 36.9 Å². The van der Waals surface area contributed by atoms with Gasteiger partial charge in [0.25, 0.3) is 0 Å². The van der Waals surface area contributed by atoms with Crippen molar-refractivity contribution in [1.29, 1.82) is 0 Å². The minimum absolute atomic E-state index is 0.196. The predicted molar refractivity (Wildman–Crippen MR) is 107 cm³/mol. The Labute approximate surface area is 167 Å². The number of hydrogen-bond donors (Lipinski definition) is 0. The van der Waals surface area contributed by atoms with Crippen molar-refractivity contribution in [3.8, 4) is 5.75 Å². The van der Waals surface area contributed by atoms with Gasteiger partial charge < -0.3 is 9.64 Å². The summed E-state index contributed by atoms with van der Waals surface area (Å²) in [6.07, 6.45) is 3.79. The molecule has 2 saturated carbocycles. The average Bonchev–Trinajstić information content (AvgIpc) is 3.56. The van der Waals surface area contributed by atoms with E-state index in [1.54, 1.807) is 36.4 Å². The Morgan fingerprint density at radius 3 is 2.52 bits per heavy atom. The molecular weight excluding hydrogens is 409 g/mol. The van der Waals surface area contributed by atoms with E-state index in [0.29, 0.717) is 29.6 Å². The highest BCUT2D eigenvalue weighted by molar-refractivity contribution is 9.10. The number of rotatable bonds is 8. The predicted octanol–water partition coefficient (Wildman–Crippen LogP) is 4.93. The zero-order valence-electron chi connectivity index (χ0n) is 15.3. The Hall–Kier alpha value is -1.72. The van der Waals surface area contributed by atoms with Gasteiger partial charge in [-0.3, -0.25) is 4.79 Å². The van der Waals surface area contributed by atoms with Gasteiger partial charge in [0.1, 0.15) is 0 Å². The number of benzene rings is 2. The number of hydrogen-bond acceptors (Lipinski definition) is 3.